The van der Waals surface area contributed by atoms with E-state index in [1.165, 1.54) is 17.8 Å². The van der Waals surface area contributed by atoms with Crippen molar-refractivity contribution in [3.05, 3.63) is 72.2 Å². The molecule has 1 N–H and O–H groups in total. The maximum absolute atomic E-state index is 13.0. The summed E-state index contributed by atoms with van der Waals surface area (Å²) in [5.74, 6) is 1.07. The van der Waals surface area contributed by atoms with Gasteiger partial charge in [0.15, 0.2) is 0 Å². The summed E-state index contributed by atoms with van der Waals surface area (Å²) in [7, 11) is 2.14. The Bertz CT molecular complexity index is 974. The average Bonchev–Trinajstić information content (AvgIpc) is 3.23. The van der Waals surface area contributed by atoms with Crippen molar-refractivity contribution in [3.63, 3.8) is 0 Å². The third kappa shape index (κ3) is 5.07. The highest BCUT2D eigenvalue weighted by Crippen LogP contribution is 2.23. The van der Waals surface area contributed by atoms with E-state index in [4.69, 9.17) is 4.42 Å². The van der Waals surface area contributed by atoms with Crippen LogP contribution in [0.5, 0.6) is 0 Å². The van der Waals surface area contributed by atoms with Crippen molar-refractivity contribution in [3.8, 4) is 11.3 Å². The highest BCUT2D eigenvalue weighted by Gasteiger charge is 2.14. The van der Waals surface area contributed by atoms with E-state index in [0.29, 0.717) is 18.6 Å². The second kappa shape index (κ2) is 9.13. The molecule has 1 aliphatic heterocycles. The lowest BCUT2D eigenvalue weighted by Crippen LogP contribution is -2.44. The number of furan rings is 1. The van der Waals surface area contributed by atoms with Gasteiger partial charge in [-0.15, -0.1) is 0 Å². The second-order valence-corrected chi connectivity index (χ2v) is 7.66. The Hall–Kier alpha value is -3.12. The molecule has 0 unspecified atom stereocenters. The molecule has 30 heavy (non-hydrogen) atoms. The Morgan fingerprint density at radius 1 is 0.967 bits per heavy atom. The Balaban J connectivity index is 1.27. The monoisotopic (exact) mass is 407 g/mol. The molecule has 1 aliphatic rings. The van der Waals surface area contributed by atoms with E-state index in [0.717, 1.165) is 43.2 Å². The first kappa shape index (κ1) is 20.2. The van der Waals surface area contributed by atoms with Crippen LogP contribution in [-0.2, 0) is 11.2 Å². The number of hydrogen-bond acceptors (Lipinski definition) is 4. The molecular formula is C24H26FN3O2. The van der Waals surface area contributed by atoms with Crippen LogP contribution < -0.4 is 10.2 Å². The molecule has 1 aromatic heterocycles. The third-order valence-electron chi connectivity index (χ3n) is 5.41. The van der Waals surface area contributed by atoms with Crippen molar-refractivity contribution < 1.29 is 13.6 Å². The minimum absolute atomic E-state index is 0.0536. The number of benzene rings is 2. The zero-order chi connectivity index (χ0) is 20.9. The van der Waals surface area contributed by atoms with Crippen LogP contribution in [0.2, 0.25) is 0 Å². The van der Waals surface area contributed by atoms with Crippen molar-refractivity contribution in [2.75, 3.05) is 43.4 Å². The topological polar surface area (TPSA) is 48.7 Å². The van der Waals surface area contributed by atoms with Crippen LogP contribution in [0.4, 0.5) is 15.8 Å². The lowest BCUT2D eigenvalue weighted by Gasteiger charge is -2.34. The predicted molar refractivity (Wildman–Crippen MR) is 117 cm³/mol. The van der Waals surface area contributed by atoms with Crippen molar-refractivity contribution in [2.45, 2.75) is 12.8 Å². The first-order valence-corrected chi connectivity index (χ1v) is 10.2. The molecular weight excluding hydrogens is 381 g/mol. The summed E-state index contributed by atoms with van der Waals surface area (Å²) in [6, 6.07) is 17.9. The summed E-state index contributed by atoms with van der Waals surface area (Å²) in [6.07, 6.45) is 0.836. The number of likely N-dealkylation sites (N-methyl/N-ethyl adjacent to an activating group) is 1. The van der Waals surface area contributed by atoms with E-state index in [2.05, 4.69) is 34.3 Å². The Kier molecular flexibility index (Phi) is 6.14. The molecule has 1 amide bonds. The van der Waals surface area contributed by atoms with Crippen molar-refractivity contribution >= 4 is 17.3 Å². The van der Waals surface area contributed by atoms with E-state index in [1.807, 2.05) is 24.3 Å². The van der Waals surface area contributed by atoms with Gasteiger partial charge in [0.1, 0.15) is 17.3 Å². The van der Waals surface area contributed by atoms with E-state index in [9.17, 15) is 9.18 Å². The van der Waals surface area contributed by atoms with E-state index in [1.54, 1.807) is 12.1 Å². The highest BCUT2D eigenvalue weighted by atomic mass is 19.1. The molecule has 4 rings (SSSR count). The first-order valence-electron chi connectivity index (χ1n) is 10.2. The molecule has 0 bridgehead atoms. The number of rotatable bonds is 6. The molecule has 0 aliphatic carbocycles. The van der Waals surface area contributed by atoms with Gasteiger partial charge in [0.25, 0.3) is 0 Å². The lowest BCUT2D eigenvalue weighted by atomic mass is 10.2. The maximum atomic E-state index is 13.0. The fourth-order valence-electron chi connectivity index (χ4n) is 3.56. The van der Waals surface area contributed by atoms with Crippen LogP contribution in [0.15, 0.2) is 65.1 Å². The normalized spacial score (nSPS) is 14.7. The van der Waals surface area contributed by atoms with Gasteiger partial charge in [-0.3, -0.25) is 4.79 Å². The maximum Gasteiger partial charge on any atom is 0.224 e. The number of nitrogens with zero attached hydrogens (tertiary/aromatic N) is 2. The second-order valence-electron chi connectivity index (χ2n) is 7.66. The lowest BCUT2D eigenvalue weighted by molar-refractivity contribution is -0.116. The van der Waals surface area contributed by atoms with Gasteiger partial charge < -0.3 is 19.5 Å². The van der Waals surface area contributed by atoms with Gasteiger partial charge in [-0.1, -0.05) is 0 Å². The zero-order valence-corrected chi connectivity index (χ0v) is 17.1. The summed E-state index contributed by atoms with van der Waals surface area (Å²) in [5, 5.41) is 2.95. The van der Waals surface area contributed by atoms with Crippen LogP contribution >= 0.6 is 0 Å². The smallest absolute Gasteiger partial charge is 0.224 e. The van der Waals surface area contributed by atoms with E-state index < -0.39 is 0 Å². The molecule has 3 aromatic rings. The number of carbonyl (C=O) groups excluding carboxylic acids is 1. The summed E-state index contributed by atoms with van der Waals surface area (Å²) in [5.41, 5.74) is 2.79. The Morgan fingerprint density at radius 2 is 1.67 bits per heavy atom. The molecule has 2 aromatic carbocycles. The zero-order valence-electron chi connectivity index (χ0n) is 17.1. The van der Waals surface area contributed by atoms with Crippen LogP contribution in [0.1, 0.15) is 12.2 Å². The molecule has 0 spiro atoms. The SMILES string of the molecule is CN1CCN(c2ccc(NC(=O)CCc3ccc(-c4ccc(F)cc4)o3)cc2)CC1. The van der Waals surface area contributed by atoms with Gasteiger partial charge in [-0.25, -0.2) is 4.39 Å². The average molecular weight is 407 g/mol. The van der Waals surface area contributed by atoms with Gasteiger partial charge >= 0.3 is 0 Å². The van der Waals surface area contributed by atoms with Gasteiger partial charge in [0.05, 0.1) is 0 Å². The number of piperazine rings is 1. The third-order valence-corrected chi connectivity index (χ3v) is 5.41. The number of anilines is 2. The van der Waals surface area contributed by atoms with Crippen LogP contribution in [0.25, 0.3) is 11.3 Å². The quantitative estimate of drug-likeness (QED) is 0.658. The van der Waals surface area contributed by atoms with Crippen LogP contribution in [0.3, 0.4) is 0 Å². The number of amides is 1. The minimum atomic E-state index is -0.279. The highest BCUT2D eigenvalue weighted by molar-refractivity contribution is 5.91. The van der Waals surface area contributed by atoms with Crippen molar-refractivity contribution in [1.29, 1.82) is 0 Å². The predicted octanol–water partition coefficient (Wildman–Crippen LogP) is 4.41. The van der Waals surface area contributed by atoms with Crippen molar-refractivity contribution in [1.82, 2.24) is 4.90 Å². The van der Waals surface area contributed by atoms with Crippen LogP contribution in [0, 0.1) is 5.82 Å². The number of halogens is 1. The van der Waals surface area contributed by atoms with E-state index >= 15 is 0 Å². The summed E-state index contributed by atoms with van der Waals surface area (Å²) < 4.78 is 18.8. The minimum Gasteiger partial charge on any atom is -0.461 e. The fourth-order valence-corrected chi connectivity index (χ4v) is 3.56. The summed E-state index contributed by atoms with van der Waals surface area (Å²) >= 11 is 0. The Morgan fingerprint density at radius 3 is 2.37 bits per heavy atom. The molecule has 0 atom stereocenters. The largest absolute Gasteiger partial charge is 0.461 e. The molecule has 1 fully saturated rings. The summed E-state index contributed by atoms with van der Waals surface area (Å²) in [6.45, 7) is 4.17. The molecule has 156 valence electrons. The molecule has 0 saturated carbocycles. The standard InChI is InChI=1S/C24H26FN3O2/c1-27-14-16-28(17-15-27)21-8-6-20(7-9-21)26-24(29)13-11-22-10-12-23(30-22)18-2-4-19(25)5-3-18/h2-10,12H,11,13-17H2,1H3,(H,26,29). The summed E-state index contributed by atoms with van der Waals surface area (Å²) in [4.78, 5) is 17.0. The molecule has 2 heterocycles. The first-order chi connectivity index (χ1) is 14.6. The number of hydrogen-bond donors (Lipinski definition) is 1. The van der Waals surface area contributed by atoms with E-state index in [-0.39, 0.29) is 11.7 Å². The van der Waals surface area contributed by atoms with Crippen molar-refractivity contribution in [2.24, 2.45) is 0 Å². The van der Waals surface area contributed by atoms with Gasteiger partial charge in [0, 0.05) is 56.0 Å². The molecule has 6 heteroatoms. The fraction of sp³-hybridized carbons (Fsp3) is 0.292. The number of aryl methyl sites for hydroxylation is 1. The van der Waals surface area contributed by atoms with Gasteiger partial charge in [-0.2, -0.15) is 0 Å². The Labute approximate surface area is 176 Å². The number of carbonyl (C=O) groups is 1. The van der Waals surface area contributed by atoms with Gasteiger partial charge in [0.2, 0.25) is 5.91 Å². The van der Waals surface area contributed by atoms with Crippen LogP contribution in [-0.4, -0.2) is 44.0 Å². The number of nitrogens with one attached hydrogen (secondary N) is 1. The molecule has 5 nitrogen and oxygen atoms in total. The molecule has 1 saturated heterocycles. The molecule has 0 radical (unpaired) electrons. The van der Waals surface area contributed by atoms with Gasteiger partial charge in [-0.05, 0) is 67.7 Å².